The topological polar surface area (TPSA) is 12.0 Å². The lowest BCUT2D eigenvalue weighted by Gasteiger charge is -1.99. The first-order valence-corrected chi connectivity index (χ1v) is 4.61. The van der Waals surface area contributed by atoms with Gasteiger partial charge in [0.1, 0.15) is 0 Å². The van der Waals surface area contributed by atoms with E-state index in [1.807, 2.05) is 0 Å². The highest BCUT2D eigenvalue weighted by Gasteiger charge is 2.11. The minimum absolute atomic E-state index is 1.000. The van der Waals surface area contributed by atoms with E-state index in [4.69, 9.17) is 0 Å². The van der Waals surface area contributed by atoms with E-state index in [1.54, 1.807) is 0 Å². The molecule has 1 aliphatic rings. The predicted molar refractivity (Wildman–Crippen MR) is 53.6 cm³/mol. The van der Waals surface area contributed by atoms with Crippen molar-refractivity contribution in [2.75, 3.05) is 0 Å². The van der Waals surface area contributed by atoms with Crippen LogP contribution in [-0.2, 0) is 0 Å². The van der Waals surface area contributed by atoms with Crippen molar-refractivity contribution in [1.29, 1.82) is 0 Å². The second kappa shape index (κ2) is 4.15. The van der Waals surface area contributed by atoms with Crippen LogP contribution in [0.4, 0.5) is 0 Å². The van der Waals surface area contributed by atoms with E-state index in [0.29, 0.717) is 0 Å². The molecule has 0 atom stereocenters. The second-order valence-electron chi connectivity index (χ2n) is 3.07. The Balaban J connectivity index is 2.71. The van der Waals surface area contributed by atoms with Crippen LogP contribution in [0.25, 0.3) is 0 Å². The molecule has 66 valence electrons. The number of rotatable bonds is 3. The van der Waals surface area contributed by atoms with E-state index in [1.165, 1.54) is 11.3 Å². The third-order valence-corrected chi connectivity index (χ3v) is 2.03. The third-order valence-electron chi connectivity index (χ3n) is 2.03. The van der Waals surface area contributed by atoms with Gasteiger partial charge in [-0.3, -0.25) is 0 Å². The fourth-order valence-electron chi connectivity index (χ4n) is 1.41. The van der Waals surface area contributed by atoms with Crippen LogP contribution < -0.4 is 5.32 Å². The zero-order chi connectivity index (χ0) is 8.97. The molecule has 1 aliphatic heterocycles. The van der Waals surface area contributed by atoms with Gasteiger partial charge in [0.2, 0.25) is 0 Å². The molecule has 1 N–H and O–H groups in total. The average Bonchev–Trinajstić information content (AvgIpc) is 2.42. The molecule has 0 unspecified atom stereocenters. The van der Waals surface area contributed by atoms with Gasteiger partial charge in [0.05, 0.1) is 0 Å². The van der Waals surface area contributed by atoms with Crippen molar-refractivity contribution in [1.82, 2.24) is 5.32 Å². The first kappa shape index (κ1) is 9.11. The number of hydrogen-bond donors (Lipinski definition) is 1. The minimum atomic E-state index is 1.000. The van der Waals surface area contributed by atoms with Crippen LogP contribution in [0.5, 0.6) is 0 Å². The molecule has 0 spiro atoms. The van der Waals surface area contributed by atoms with Crippen LogP contribution >= 0.6 is 0 Å². The monoisotopic (exact) mass is 163 g/mol. The summed E-state index contributed by atoms with van der Waals surface area (Å²) >= 11 is 0. The highest BCUT2D eigenvalue weighted by atomic mass is 14.9. The number of allylic oxidation sites excluding steroid dienone is 4. The van der Waals surface area contributed by atoms with Gasteiger partial charge in [0.25, 0.3) is 0 Å². The zero-order valence-corrected chi connectivity index (χ0v) is 7.98. The fraction of sp³-hybridized carbons (Fsp3) is 0.455. The van der Waals surface area contributed by atoms with Crippen molar-refractivity contribution in [3.63, 3.8) is 0 Å². The molecular weight excluding hydrogens is 146 g/mol. The molecule has 1 heteroatoms. The summed E-state index contributed by atoms with van der Waals surface area (Å²) in [6.45, 7) is 8.24. The Hall–Kier alpha value is -0.980. The molecule has 0 aromatic heterocycles. The molecule has 0 aromatic rings. The SMILES string of the molecule is C=C1CC(/C=C\CC)=C(CC)N1. The van der Waals surface area contributed by atoms with Gasteiger partial charge in [-0.2, -0.15) is 0 Å². The van der Waals surface area contributed by atoms with Crippen molar-refractivity contribution in [2.24, 2.45) is 0 Å². The standard InChI is InChI=1S/C11H17N/c1-4-6-7-10-8-9(3)12-11(10)5-2/h6-7,12H,3-5,8H2,1-2H3/b7-6-. The highest BCUT2D eigenvalue weighted by molar-refractivity contribution is 5.36. The van der Waals surface area contributed by atoms with Crippen molar-refractivity contribution in [3.05, 3.63) is 35.7 Å². The Morgan fingerprint density at radius 1 is 1.50 bits per heavy atom. The Morgan fingerprint density at radius 2 is 2.25 bits per heavy atom. The lowest BCUT2D eigenvalue weighted by atomic mass is 10.1. The second-order valence-corrected chi connectivity index (χ2v) is 3.07. The molecule has 0 amide bonds. The first-order valence-electron chi connectivity index (χ1n) is 4.61. The molecule has 0 bridgehead atoms. The summed E-state index contributed by atoms with van der Waals surface area (Å²) in [7, 11) is 0. The summed E-state index contributed by atoms with van der Waals surface area (Å²) < 4.78 is 0. The van der Waals surface area contributed by atoms with E-state index in [2.05, 4.69) is 37.9 Å². The molecule has 0 aromatic carbocycles. The van der Waals surface area contributed by atoms with Crippen molar-refractivity contribution < 1.29 is 0 Å². The van der Waals surface area contributed by atoms with Gasteiger partial charge in [-0.15, -0.1) is 0 Å². The molecule has 0 radical (unpaired) electrons. The van der Waals surface area contributed by atoms with E-state index < -0.39 is 0 Å². The van der Waals surface area contributed by atoms with Crippen LogP contribution in [0.1, 0.15) is 33.1 Å². The molecule has 1 heterocycles. The summed E-state index contributed by atoms with van der Waals surface area (Å²) in [6, 6.07) is 0. The van der Waals surface area contributed by atoms with E-state index in [-0.39, 0.29) is 0 Å². The molecule has 0 saturated heterocycles. The fourth-order valence-corrected chi connectivity index (χ4v) is 1.41. The van der Waals surface area contributed by atoms with Crippen LogP contribution in [-0.4, -0.2) is 0 Å². The maximum Gasteiger partial charge on any atom is 0.0182 e. The van der Waals surface area contributed by atoms with E-state index in [9.17, 15) is 0 Å². The average molecular weight is 163 g/mol. The number of hydrogen-bond acceptors (Lipinski definition) is 1. The highest BCUT2D eigenvalue weighted by Crippen LogP contribution is 2.23. The lowest BCUT2D eigenvalue weighted by molar-refractivity contribution is 0.932. The Morgan fingerprint density at radius 3 is 2.83 bits per heavy atom. The molecule has 0 saturated carbocycles. The van der Waals surface area contributed by atoms with Crippen LogP contribution in [0.3, 0.4) is 0 Å². The summed E-state index contributed by atoms with van der Waals surface area (Å²) in [6.07, 6.45) is 7.59. The van der Waals surface area contributed by atoms with Gasteiger partial charge in [0.15, 0.2) is 0 Å². The summed E-state index contributed by atoms with van der Waals surface area (Å²) in [4.78, 5) is 0. The molecule has 0 aliphatic carbocycles. The third kappa shape index (κ3) is 2.00. The molecule has 0 fully saturated rings. The van der Waals surface area contributed by atoms with E-state index >= 15 is 0 Å². The van der Waals surface area contributed by atoms with Gasteiger partial charge in [-0.05, 0) is 18.4 Å². The molecule has 1 nitrogen and oxygen atoms in total. The van der Waals surface area contributed by atoms with Gasteiger partial charge in [0, 0.05) is 17.8 Å². The summed E-state index contributed by atoms with van der Waals surface area (Å²) in [5.74, 6) is 0. The molecule has 12 heavy (non-hydrogen) atoms. The van der Waals surface area contributed by atoms with Crippen molar-refractivity contribution >= 4 is 0 Å². The van der Waals surface area contributed by atoms with Gasteiger partial charge in [-0.25, -0.2) is 0 Å². The number of nitrogens with one attached hydrogen (secondary N) is 1. The molecule has 1 rings (SSSR count). The lowest BCUT2D eigenvalue weighted by Crippen LogP contribution is -2.03. The summed E-state index contributed by atoms with van der Waals surface area (Å²) in [5, 5.41) is 3.30. The van der Waals surface area contributed by atoms with Crippen LogP contribution in [0.2, 0.25) is 0 Å². The molecular formula is C11H17N. The van der Waals surface area contributed by atoms with Gasteiger partial charge in [-0.1, -0.05) is 32.6 Å². The maximum atomic E-state index is 3.92. The van der Waals surface area contributed by atoms with Crippen LogP contribution in [0, 0.1) is 0 Å². The largest absolute Gasteiger partial charge is 0.362 e. The van der Waals surface area contributed by atoms with Crippen molar-refractivity contribution in [2.45, 2.75) is 33.1 Å². The van der Waals surface area contributed by atoms with Gasteiger partial charge < -0.3 is 5.32 Å². The zero-order valence-electron chi connectivity index (χ0n) is 7.98. The predicted octanol–water partition coefficient (Wildman–Crippen LogP) is 3.12. The van der Waals surface area contributed by atoms with Crippen molar-refractivity contribution in [3.8, 4) is 0 Å². The minimum Gasteiger partial charge on any atom is -0.362 e. The van der Waals surface area contributed by atoms with Gasteiger partial charge >= 0.3 is 0 Å². The van der Waals surface area contributed by atoms with E-state index in [0.717, 1.165) is 25.0 Å². The van der Waals surface area contributed by atoms with Crippen LogP contribution in [0.15, 0.2) is 35.7 Å². The maximum absolute atomic E-state index is 3.92. The quantitative estimate of drug-likeness (QED) is 0.674. The Labute approximate surface area is 74.9 Å². The Kier molecular flexibility index (Phi) is 3.15. The first-order chi connectivity index (χ1) is 5.77. The summed E-state index contributed by atoms with van der Waals surface area (Å²) in [5.41, 5.74) is 3.87. The Bertz CT molecular complexity index is 233. The smallest absolute Gasteiger partial charge is 0.0182 e. The normalized spacial score (nSPS) is 17.7.